The lowest BCUT2D eigenvalue weighted by atomic mass is 9.89. The summed E-state index contributed by atoms with van der Waals surface area (Å²) < 4.78 is 1.67. The highest BCUT2D eigenvalue weighted by Gasteiger charge is 2.19. The number of hydrogen-bond acceptors (Lipinski definition) is 1. The van der Waals surface area contributed by atoms with Gasteiger partial charge in [0.2, 0.25) is 0 Å². The van der Waals surface area contributed by atoms with Crippen LogP contribution in [0, 0.1) is 0 Å². The molecule has 0 spiro atoms. The molecule has 0 saturated heterocycles. The molecular weight excluding hydrogens is 164 g/mol. The monoisotopic (exact) mass is 182 g/mol. The van der Waals surface area contributed by atoms with E-state index in [2.05, 4.69) is 12.0 Å². The van der Waals surface area contributed by atoms with Crippen LogP contribution >= 0.6 is 0 Å². The largest absolute Gasteiger partial charge is 0.303 e. The second kappa shape index (κ2) is 3.40. The van der Waals surface area contributed by atoms with E-state index in [1.165, 1.54) is 0 Å². The van der Waals surface area contributed by atoms with E-state index in [4.69, 9.17) is 0 Å². The van der Waals surface area contributed by atoms with Crippen LogP contribution in [-0.4, -0.2) is 9.78 Å². The van der Waals surface area contributed by atoms with Crippen molar-refractivity contribution in [2.75, 3.05) is 0 Å². The van der Waals surface area contributed by atoms with Crippen molar-refractivity contribution in [3.63, 3.8) is 0 Å². The van der Waals surface area contributed by atoms with E-state index in [9.17, 15) is 4.79 Å². The number of aromatic amines is 1. The Morgan fingerprint density at radius 3 is 2.46 bits per heavy atom. The van der Waals surface area contributed by atoms with Gasteiger partial charge in [0, 0.05) is 18.3 Å². The molecule has 0 atom stereocenters. The van der Waals surface area contributed by atoms with E-state index in [1.54, 1.807) is 4.68 Å². The first kappa shape index (κ1) is 10.1. The average Bonchev–Trinajstić information content (AvgIpc) is 2.32. The minimum absolute atomic E-state index is 0.0629. The van der Waals surface area contributed by atoms with Crippen LogP contribution < -0.4 is 5.56 Å². The van der Waals surface area contributed by atoms with Crippen LogP contribution in [0.25, 0.3) is 0 Å². The molecule has 0 amide bonds. The van der Waals surface area contributed by atoms with Gasteiger partial charge in [-0.15, -0.1) is 0 Å². The molecule has 0 radical (unpaired) electrons. The summed E-state index contributed by atoms with van der Waals surface area (Å²) in [5, 5.41) is 2.99. The van der Waals surface area contributed by atoms with Gasteiger partial charge < -0.3 is 5.10 Å². The number of nitrogens with one attached hydrogen (secondary N) is 1. The SMILES string of the molecule is CCCn1[nH]cc(C(C)(C)C)c1=O. The van der Waals surface area contributed by atoms with Crippen LogP contribution in [0.3, 0.4) is 0 Å². The predicted octanol–water partition coefficient (Wildman–Crippen LogP) is 1.88. The predicted molar refractivity (Wildman–Crippen MR) is 54.0 cm³/mol. The maximum Gasteiger partial charge on any atom is 0.270 e. The quantitative estimate of drug-likeness (QED) is 0.745. The smallest absolute Gasteiger partial charge is 0.270 e. The molecule has 1 N–H and O–H groups in total. The lowest BCUT2D eigenvalue weighted by Crippen LogP contribution is -2.25. The molecule has 74 valence electrons. The van der Waals surface area contributed by atoms with E-state index >= 15 is 0 Å². The van der Waals surface area contributed by atoms with Crippen molar-refractivity contribution < 1.29 is 0 Å². The van der Waals surface area contributed by atoms with E-state index in [0.717, 1.165) is 18.5 Å². The molecule has 13 heavy (non-hydrogen) atoms. The van der Waals surface area contributed by atoms with Gasteiger partial charge >= 0.3 is 0 Å². The molecule has 0 fully saturated rings. The molecule has 0 saturated carbocycles. The maximum atomic E-state index is 11.7. The second-order valence-electron chi connectivity index (χ2n) is 4.39. The van der Waals surface area contributed by atoms with E-state index in [1.807, 2.05) is 27.0 Å². The van der Waals surface area contributed by atoms with E-state index in [0.29, 0.717) is 0 Å². The Labute approximate surface area is 78.8 Å². The fourth-order valence-electron chi connectivity index (χ4n) is 1.34. The van der Waals surface area contributed by atoms with Crippen molar-refractivity contribution in [1.82, 2.24) is 9.78 Å². The Bertz CT molecular complexity index is 327. The fraction of sp³-hybridized carbons (Fsp3) is 0.700. The van der Waals surface area contributed by atoms with Crippen molar-refractivity contribution >= 4 is 0 Å². The highest BCUT2D eigenvalue weighted by molar-refractivity contribution is 5.15. The van der Waals surface area contributed by atoms with E-state index in [-0.39, 0.29) is 11.0 Å². The van der Waals surface area contributed by atoms with E-state index < -0.39 is 0 Å². The van der Waals surface area contributed by atoms with Gasteiger partial charge in [-0.25, -0.2) is 0 Å². The number of aromatic nitrogens is 2. The molecule has 1 aromatic rings. The topological polar surface area (TPSA) is 37.8 Å². The highest BCUT2D eigenvalue weighted by atomic mass is 16.1. The summed E-state index contributed by atoms with van der Waals surface area (Å²) in [7, 11) is 0. The highest BCUT2D eigenvalue weighted by Crippen LogP contribution is 2.17. The minimum atomic E-state index is -0.0629. The van der Waals surface area contributed by atoms with Gasteiger partial charge in [0.15, 0.2) is 0 Å². The number of H-pyrrole nitrogens is 1. The molecule has 0 aliphatic rings. The summed E-state index contributed by atoms with van der Waals surface area (Å²) in [4.78, 5) is 11.7. The van der Waals surface area contributed by atoms with Crippen LogP contribution in [0.4, 0.5) is 0 Å². The standard InChI is InChI=1S/C10H18N2O/c1-5-6-12-9(13)8(7-11-12)10(2,3)4/h7,11H,5-6H2,1-4H3. The van der Waals surface area contributed by atoms with Crippen molar-refractivity contribution in [2.45, 2.75) is 46.1 Å². The number of nitrogens with zero attached hydrogens (tertiary/aromatic N) is 1. The van der Waals surface area contributed by atoms with Gasteiger partial charge in [0.05, 0.1) is 0 Å². The average molecular weight is 182 g/mol. The zero-order valence-electron chi connectivity index (χ0n) is 8.85. The van der Waals surface area contributed by atoms with Gasteiger partial charge in [-0.2, -0.15) is 0 Å². The summed E-state index contributed by atoms with van der Waals surface area (Å²) in [6, 6.07) is 0. The fourth-order valence-corrected chi connectivity index (χ4v) is 1.34. The normalized spacial score (nSPS) is 12.0. The lowest BCUT2D eigenvalue weighted by Gasteiger charge is -2.13. The Morgan fingerprint density at radius 1 is 1.46 bits per heavy atom. The number of aryl methyl sites for hydroxylation is 1. The van der Waals surface area contributed by atoms with Crippen molar-refractivity contribution in [1.29, 1.82) is 0 Å². The van der Waals surface area contributed by atoms with Gasteiger partial charge in [-0.3, -0.25) is 9.48 Å². The third-order valence-electron chi connectivity index (χ3n) is 2.10. The van der Waals surface area contributed by atoms with Crippen molar-refractivity contribution in [3.05, 3.63) is 22.1 Å². The van der Waals surface area contributed by atoms with Gasteiger partial charge in [-0.05, 0) is 11.8 Å². The Kier molecular flexibility index (Phi) is 2.64. The molecule has 3 heteroatoms. The first-order chi connectivity index (χ1) is 5.96. The molecule has 1 heterocycles. The number of hydrogen-bond donors (Lipinski definition) is 1. The first-order valence-electron chi connectivity index (χ1n) is 4.75. The molecule has 0 aliphatic heterocycles. The summed E-state index contributed by atoms with van der Waals surface area (Å²) in [6.45, 7) is 8.98. The third-order valence-corrected chi connectivity index (χ3v) is 2.10. The molecule has 1 aromatic heterocycles. The summed E-state index contributed by atoms with van der Waals surface area (Å²) in [5.41, 5.74) is 0.919. The molecule has 0 aliphatic carbocycles. The molecule has 0 unspecified atom stereocenters. The first-order valence-corrected chi connectivity index (χ1v) is 4.75. The third kappa shape index (κ3) is 2.02. The Morgan fingerprint density at radius 2 is 2.08 bits per heavy atom. The Balaban J connectivity index is 3.07. The molecule has 3 nitrogen and oxygen atoms in total. The van der Waals surface area contributed by atoms with Crippen LogP contribution in [0.5, 0.6) is 0 Å². The molecule has 0 aromatic carbocycles. The van der Waals surface area contributed by atoms with Crippen LogP contribution in [0.2, 0.25) is 0 Å². The zero-order chi connectivity index (χ0) is 10.1. The Hall–Kier alpha value is -0.990. The molecule has 1 rings (SSSR count). The summed E-state index contributed by atoms with van der Waals surface area (Å²) in [6.07, 6.45) is 2.79. The number of rotatable bonds is 2. The molecular formula is C10H18N2O. The van der Waals surface area contributed by atoms with Crippen LogP contribution in [0.15, 0.2) is 11.0 Å². The van der Waals surface area contributed by atoms with Gasteiger partial charge in [0.25, 0.3) is 5.56 Å². The summed E-state index contributed by atoms with van der Waals surface area (Å²) in [5.74, 6) is 0. The minimum Gasteiger partial charge on any atom is -0.303 e. The van der Waals surface area contributed by atoms with Gasteiger partial charge in [0.1, 0.15) is 0 Å². The van der Waals surface area contributed by atoms with Crippen LogP contribution in [0.1, 0.15) is 39.7 Å². The second-order valence-corrected chi connectivity index (χ2v) is 4.39. The zero-order valence-corrected chi connectivity index (χ0v) is 8.85. The van der Waals surface area contributed by atoms with Gasteiger partial charge in [-0.1, -0.05) is 27.7 Å². The van der Waals surface area contributed by atoms with Crippen molar-refractivity contribution in [3.8, 4) is 0 Å². The van der Waals surface area contributed by atoms with Crippen LogP contribution in [-0.2, 0) is 12.0 Å². The summed E-state index contributed by atoms with van der Waals surface area (Å²) >= 11 is 0. The molecule has 0 bridgehead atoms. The van der Waals surface area contributed by atoms with Crippen molar-refractivity contribution in [2.24, 2.45) is 0 Å². The lowest BCUT2D eigenvalue weighted by molar-refractivity contribution is 0.561. The maximum absolute atomic E-state index is 11.7.